The quantitative estimate of drug-likeness (QED) is 0.288. The summed E-state index contributed by atoms with van der Waals surface area (Å²) in [6.07, 6.45) is 0. The van der Waals surface area contributed by atoms with Crippen molar-refractivity contribution in [3.8, 4) is 5.75 Å². The van der Waals surface area contributed by atoms with E-state index >= 15 is 0 Å². The van der Waals surface area contributed by atoms with Gasteiger partial charge in [-0.05, 0) is 81.4 Å². The molecule has 0 atom stereocenters. The Labute approximate surface area is 198 Å². The largest absolute Gasteiger partial charge is 0.744 e. The van der Waals surface area contributed by atoms with Gasteiger partial charge in [-0.15, -0.1) is 0 Å². The second-order valence-corrected chi connectivity index (χ2v) is 11.1. The highest BCUT2D eigenvalue weighted by atomic mass is 32.2. The predicted octanol–water partition coefficient (Wildman–Crippen LogP) is 6.00. The predicted molar refractivity (Wildman–Crippen MR) is 132 cm³/mol. The molecule has 4 rings (SSSR count). The summed E-state index contributed by atoms with van der Waals surface area (Å²) >= 11 is 0. The van der Waals surface area contributed by atoms with E-state index in [1.165, 1.54) is 37.9 Å². The van der Waals surface area contributed by atoms with Crippen molar-refractivity contribution in [3.63, 3.8) is 0 Å². The molecule has 0 saturated carbocycles. The maximum atomic E-state index is 10.4. The third-order valence-electron chi connectivity index (χ3n) is 4.90. The van der Waals surface area contributed by atoms with E-state index < -0.39 is 10.1 Å². The van der Waals surface area contributed by atoms with Gasteiger partial charge in [-0.25, -0.2) is 8.42 Å². The summed E-state index contributed by atoms with van der Waals surface area (Å²) in [6.45, 7) is 6.03. The zero-order valence-corrected chi connectivity index (χ0v) is 20.4. The molecule has 33 heavy (non-hydrogen) atoms. The Morgan fingerprint density at radius 3 is 1.21 bits per heavy atom. The van der Waals surface area contributed by atoms with E-state index in [4.69, 9.17) is 0 Å². The summed E-state index contributed by atoms with van der Waals surface area (Å²) in [5.74, 6) is 0.306. The van der Waals surface area contributed by atoms with E-state index in [-0.39, 0.29) is 15.8 Å². The van der Waals surface area contributed by atoms with Crippen LogP contribution in [0.5, 0.6) is 5.75 Å². The molecule has 4 nitrogen and oxygen atoms in total. The van der Waals surface area contributed by atoms with Crippen LogP contribution in [0.1, 0.15) is 16.7 Å². The molecule has 0 aliphatic rings. The molecule has 0 aromatic heterocycles. The van der Waals surface area contributed by atoms with Gasteiger partial charge in [0.2, 0.25) is 0 Å². The third-order valence-corrected chi connectivity index (χ3v) is 7.98. The molecule has 170 valence electrons. The van der Waals surface area contributed by atoms with E-state index in [1.807, 2.05) is 19.1 Å². The lowest BCUT2D eigenvalue weighted by atomic mass is 10.2. The molecular weight excluding hydrogens is 452 g/mol. The summed E-state index contributed by atoms with van der Waals surface area (Å²) < 4.78 is 31.2. The van der Waals surface area contributed by atoms with Crippen LogP contribution in [0, 0.1) is 20.8 Å². The van der Waals surface area contributed by atoms with E-state index in [2.05, 4.69) is 62.4 Å². The Kier molecular flexibility index (Phi) is 7.97. The van der Waals surface area contributed by atoms with Gasteiger partial charge in [0.25, 0.3) is 0 Å². The molecule has 0 unspecified atom stereocenters. The van der Waals surface area contributed by atoms with Crippen molar-refractivity contribution >= 4 is 21.0 Å². The number of phenolic OH excluding ortho intramolecular Hbond substituents is 1. The van der Waals surface area contributed by atoms with Gasteiger partial charge in [0, 0.05) is 0 Å². The van der Waals surface area contributed by atoms with E-state index in [0.717, 1.165) is 5.56 Å². The fourth-order valence-electron chi connectivity index (χ4n) is 3.04. The lowest BCUT2D eigenvalue weighted by Crippen LogP contribution is -2.04. The molecule has 0 spiro atoms. The molecule has 0 aliphatic carbocycles. The smallest absolute Gasteiger partial charge is 0.166 e. The molecule has 4 aromatic rings. The van der Waals surface area contributed by atoms with Crippen molar-refractivity contribution in [3.05, 3.63) is 114 Å². The van der Waals surface area contributed by atoms with E-state index in [1.54, 1.807) is 24.3 Å². The Balaban J connectivity index is 0.000000235. The maximum Gasteiger partial charge on any atom is 0.166 e. The van der Waals surface area contributed by atoms with Crippen LogP contribution in [0.3, 0.4) is 0 Å². The minimum Gasteiger partial charge on any atom is -0.744 e. The van der Waals surface area contributed by atoms with Crippen LogP contribution in [0.4, 0.5) is 0 Å². The Morgan fingerprint density at radius 1 is 0.576 bits per heavy atom. The highest BCUT2D eigenvalue weighted by Gasteiger charge is 2.28. The van der Waals surface area contributed by atoms with Gasteiger partial charge in [-0.2, -0.15) is 0 Å². The second-order valence-electron chi connectivity index (χ2n) is 7.69. The number of aryl methyl sites for hydroxylation is 3. The van der Waals surface area contributed by atoms with E-state index in [0.29, 0.717) is 5.75 Å². The SMILES string of the molecule is Cc1ccc(S(=O)(=O)[O-])cc1.Cc1ccc([S+](c2ccc(C)cc2)c2ccc(O)cc2)cc1. The Hall–Kier alpha value is -3.06. The number of benzene rings is 4. The van der Waals surface area contributed by atoms with Gasteiger partial charge in [-0.3, -0.25) is 0 Å². The second kappa shape index (κ2) is 10.7. The summed E-state index contributed by atoms with van der Waals surface area (Å²) in [5, 5.41) is 9.56. The number of rotatable bonds is 4. The zero-order valence-electron chi connectivity index (χ0n) is 18.7. The van der Waals surface area contributed by atoms with Gasteiger partial charge < -0.3 is 9.66 Å². The highest BCUT2D eigenvalue weighted by molar-refractivity contribution is 7.97. The highest BCUT2D eigenvalue weighted by Crippen LogP contribution is 2.32. The third kappa shape index (κ3) is 6.96. The molecule has 0 saturated heterocycles. The Morgan fingerprint density at radius 2 is 0.879 bits per heavy atom. The van der Waals surface area contributed by atoms with Crippen LogP contribution >= 0.6 is 0 Å². The molecule has 0 bridgehead atoms. The van der Waals surface area contributed by atoms with Crippen LogP contribution in [0.25, 0.3) is 0 Å². The topological polar surface area (TPSA) is 77.4 Å². The van der Waals surface area contributed by atoms with Gasteiger partial charge in [0.15, 0.2) is 14.7 Å². The molecule has 0 heterocycles. The van der Waals surface area contributed by atoms with Crippen molar-refractivity contribution in [1.29, 1.82) is 0 Å². The molecule has 0 aliphatic heterocycles. The summed E-state index contributed by atoms with van der Waals surface area (Å²) in [7, 11) is -4.42. The van der Waals surface area contributed by atoms with Crippen molar-refractivity contribution < 1.29 is 18.1 Å². The summed E-state index contributed by atoms with van der Waals surface area (Å²) in [4.78, 5) is 3.62. The number of phenols is 1. The number of hydrogen-bond donors (Lipinski definition) is 1. The first-order chi connectivity index (χ1) is 15.6. The summed E-state index contributed by atoms with van der Waals surface area (Å²) in [6, 6.07) is 30.8. The van der Waals surface area contributed by atoms with Crippen molar-refractivity contribution in [2.45, 2.75) is 40.4 Å². The van der Waals surface area contributed by atoms with E-state index in [9.17, 15) is 18.1 Å². The van der Waals surface area contributed by atoms with Crippen LogP contribution < -0.4 is 0 Å². The average molecular weight is 479 g/mol. The molecule has 1 N–H and O–H groups in total. The summed E-state index contributed by atoms with van der Waals surface area (Å²) in [5.41, 5.74) is 3.46. The maximum absolute atomic E-state index is 10.4. The first-order valence-corrected chi connectivity index (χ1v) is 13.0. The lowest BCUT2D eigenvalue weighted by Gasteiger charge is -2.08. The van der Waals surface area contributed by atoms with Gasteiger partial charge in [0.05, 0.1) is 15.8 Å². The molecule has 0 amide bonds. The lowest BCUT2D eigenvalue weighted by molar-refractivity contribution is 0.463. The Bertz CT molecular complexity index is 1170. The average Bonchev–Trinajstić information content (AvgIpc) is 2.78. The van der Waals surface area contributed by atoms with Gasteiger partial charge in [-0.1, -0.05) is 53.1 Å². The van der Waals surface area contributed by atoms with Crippen molar-refractivity contribution in [1.82, 2.24) is 0 Å². The monoisotopic (exact) mass is 478 g/mol. The first kappa shape index (κ1) is 24.6. The first-order valence-electron chi connectivity index (χ1n) is 10.3. The zero-order chi connectivity index (χ0) is 24.0. The van der Waals surface area contributed by atoms with Crippen LogP contribution in [-0.2, 0) is 21.0 Å². The van der Waals surface area contributed by atoms with Gasteiger partial charge in [0.1, 0.15) is 15.9 Å². The fourth-order valence-corrected chi connectivity index (χ4v) is 5.55. The minimum atomic E-state index is -4.27. The standard InChI is InChI=1S/C20H18OS.C7H8O3S/c1-15-3-9-18(10-4-15)22(19-11-5-16(2)6-12-19)20-13-7-17(21)8-14-20;1-6-2-4-7(5-3-6)11(8,9)10/h3-14H,1-2H3;2-5H,1H3,(H,8,9,10). The van der Waals surface area contributed by atoms with Crippen molar-refractivity contribution in [2.75, 3.05) is 0 Å². The van der Waals surface area contributed by atoms with Crippen LogP contribution in [-0.4, -0.2) is 18.1 Å². The fraction of sp³-hybridized carbons (Fsp3) is 0.111. The van der Waals surface area contributed by atoms with Crippen LogP contribution in [0.2, 0.25) is 0 Å². The molecule has 6 heteroatoms. The molecular formula is C27H26O4S2. The molecule has 0 fully saturated rings. The molecule has 0 radical (unpaired) electrons. The number of hydrogen-bond acceptors (Lipinski definition) is 4. The normalized spacial score (nSPS) is 11.1. The van der Waals surface area contributed by atoms with Gasteiger partial charge >= 0.3 is 0 Å². The minimum absolute atomic E-state index is 0.151. The van der Waals surface area contributed by atoms with Crippen LogP contribution in [0.15, 0.2) is 117 Å². The number of aromatic hydroxyl groups is 1. The molecule has 4 aromatic carbocycles. The van der Waals surface area contributed by atoms with Crippen molar-refractivity contribution in [2.24, 2.45) is 0 Å².